The molecule has 0 unspecified atom stereocenters. The molecule has 1 amide bonds. The lowest BCUT2D eigenvalue weighted by Crippen LogP contribution is -2.29. The third kappa shape index (κ3) is 3.86. The molecule has 0 saturated heterocycles. The topological polar surface area (TPSA) is 46.9 Å². The zero-order valence-corrected chi connectivity index (χ0v) is 17.9. The number of hydrogen-bond donors (Lipinski definition) is 1. The summed E-state index contributed by atoms with van der Waals surface area (Å²) >= 11 is 0. The highest BCUT2D eigenvalue weighted by Crippen LogP contribution is 2.24. The Bertz CT molecular complexity index is 1220. The number of para-hydroxylation sites is 2. The van der Waals surface area contributed by atoms with Gasteiger partial charge < -0.3 is 9.88 Å². The van der Waals surface area contributed by atoms with E-state index in [9.17, 15) is 4.79 Å². The van der Waals surface area contributed by atoms with E-state index in [-0.39, 0.29) is 11.9 Å². The Kier molecular flexibility index (Phi) is 5.40. The molecule has 0 bridgehead atoms. The summed E-state index contributed by atoms with van der Waals surface area (Å²) in [6, 6.07) is 22.1. The molecule has 0 radical (unpaired) electrons. The zero-order chi connectivity index (χ0) is 21.3. The van der Waals surface area contributed by atoms with Crippen molar-refractivity contribution in [3.05, 3.63) is 100 Å². The molecule has 0 aliphatic carbocycles. The molecule has 0 fully saturated rings. The van der Waals surface area contributed by atoms with E-state index in [0.29, 0.717) is 12.1 Å². The van der Waals surface area contributed by atoms with Gasteiger partial charge in [0, 0.05) is 12.1 Å². The molecule has 3 aromatic carbocycles. The van der Waals surface area contributed by atoms with Gasteiger partial charge in [0.2, 0.25) is 0 Å². The predicted molar refractivity (Wildman–Crippen MR) is 122 cm³/mol. The average Bonchev–Trinajstić information content (AvgIpc) is 3.09. The van der Waals surface area contributed by atoms with Gasteiger partial charge in [0.15, 0.2) is 0 Å². The second-order valence-corrected chi connectivity index (χ2v) is 7.98. The van der Waals surface area contributed by atoms with Crippen LogP contribution in [0.4, 0.5) is 0 Å². The first-order chi connectivity index (χ1) is 14.4. The van der Waals surface area contributed by atoms with Gasteiger partial charge in [-0.3, -0.25) is 4.79 Å². The molecule has 4 rings (SSSR count). The lowest BCUT2D eigenvalue weighted by Gasteiger charge is -2.18. The molecule has 4 nitrogen and oxygen atoms in total. The fraction of sp³-hybridized carbons (Fsp3) is 0.231. The van der Waals surface area contributed by atoms with E-state index in [2.05, 4.69) is 48.0 Å². The number of rotatable bonds is 5. The van der Waals surface area contributed by atoms with Gasteiger partial charge in [0.05, 0.1) is 17.1 Å². The first-order valence-electron chi connectivity index (χ1n) is 10.3. The number of amides is 1. The van der Waals surface area contributed by atoms with E-state index < -0.39 is 0 Å². The highest BCUT2D eigenvalue weighted by molar-refractivity contribution is 5.95. The number of benzene rings is 3. The smallest absolute Gasteiger partial charge is 0.252 e. The molecule has 1 heterocycles. The Morgan fingerprint density at radius 3 is 2.50 bits per heavy atom. The summed E-state index contributed by atoms with van der Waals surface area (Å²) in [5, 5.41) is 3.14. The summed E-state index contributed by atoms with van der Waals surface area (Å²) < 4.78 is 2.22. The van der Waals surface area contributed by atoms with E-state index in [1.165, 1.54) is 16.7 Å². The number of nitrogens with zero attached hydrogens (tertiary/aromatic N) is 2. The van der Waals surface area contributed by atoms with Crippen molar-refractivity contribution in [2.45, 2.75) is 40.3 Å². The van der Waals surface area contributed by atoms with E-state index in [1.54, 1.807) is 0 Å². The fourth-order valence-electron chi connectivity index (χ4n) is 3.90. The third-order valence-corrected chi connectivity index (χ3v) is 5.64. The molecule has 4 heteroatoms. The summed E-state index contributed by atoms with van der Waals surface area (Å²) in [4.78, 5) is 17.8. The number of hydrogen-bond acceptors (Lipinski definition) is 2. The van der Waals surface area contributed by atoms with Gasteiger partial charge in [-0.1, -0.05) is 54.1 Å². The minimum atomic E-state index is -0.227. The average molecular weight is 398 g/mol. The van der Waals surface area contributed by atoms with Crippen LogP contribution in [-0.2, 0) is 6.54 Å². The molecule has 0 aliphatic heterocycles. The van der Waals surface area contributed by atoms with Gasteiger partial charge in [0.25, 0.3) is 5.91 Å². The summed E-state index contributed by atoms with van der Waals surface area (Å²) in [7, 11) is 0. The van der Waals surface area contributed by atoms with Crippen molar-refractivity contribution >= 4 is 16.9 Å². The second kappa shape index (κ2) is 8.15. The third-order valence-electron chi connectivity index (χ3n) is 5.64. The van der Waals surface area contributed by atoms with E-state index in [0.717, 1.165) is 22.4 Å². The van der Waals surface area contributed by atoms with Crippen LogP contribution in [0.25, 0.3) is 11.0 Å². The largest absolute Gasteiger partial charge is 0.342 e. The zero-order valence-electron chi connectivity index (χ0n) is 17.9. The van der Waals surface area contributed by atoms with Crippen molar-refractivity contribution in [2.24, 2.45) is 0 Å². The molecule has 1 N–H and O–H groups in total. The molecule has 1 aromatic heterocycles. The number of carbonyl (C=O) groups excluding carboxylic acids is 1. The lowest BCUT2D eigenvalue weighted by molar-refractivity contribution is 0.0937. The number of fused-ring (bicyclic) bond motifs is 1. The molecule has 4 aromatic rings. The molecule has 0 spiro atoms. The van der Waals surface area contributed by atoms with Gasteiger partial charge >= 0.3 is 0 Å². The van der Waals surface area contributed by atoms with Crippen LogP contribution in [0.2, 0.25) is 0 Å². The normalized spacial score (nSPS) is 12.1. The van der Waals surface area contributed by atoms with Crippen molar-refractivity contribution in [3.63, 3.8) is 0 Å². The van der Waals surface area contributed by atoms with Gasteiger partial charge in [-0.2, -0.15) is 0 Å². The lowest BCUT2D eigenvalue weighted by atomic mass is 10.1. The monoisotopic (exact) mass is 397 g/mol. The Morgan fingerprint density at radius 2 is 1.70 bits per heavy atom. The molecule has 1 atom stereocenters. The van der Waals surface area contributed by atoms with Crippen molar-refractivity contribution in [3.8, 4) is 0 Å². The molecule has 0 saturated carbocycles. The minimum absolute atomic E-state index is 0.0778. The van der Waals surface area contributed by atoms with E-state index in [1.807, 2.05) is 56.3 Å². The highest BCUT2D eigenvalue weighted by atomic mass is 16.1. The summed E-state index contributed by atoms with van der Waals surface area (Å²) in [6.07, 6.45) is 0. The standard InChI is InChI=1S/C26H27N3O/c1-17-13-14-18(2)21(15-17)16-29-24-12-8-7-11-23(24)28-25(29)20(4)27-26(30)22-10-6-5-9-19(22)3/h5-15,20H,16H2,1-4H3,(H,27,30)/t20-/m1/s1. The Morgan fingerprint density at radius 1 is 0.967 bits per heavy atom. The second-order valence-electron chi connectivity index (χ2n) is 7.98. The van der Waals surface area contributed by atoms with Gasteiger partial charge in [-0.25, -0.2) is 4.98 Å². The SMILES string of the molecule is Cc1ccc(C)c(Cn2c([C@@H](C)NC(=O)c3ccccc3C)nc3ccccc32)c1. The maximum Gasteiger partial charge on any atom is 0.252 e. The van der Waals surface area contributed by atoms with E-state index >= 15 is 0 Å². The minimum Gasteiger partial charge on any atom is -0.342 e. The molecule has 152 valence electrons. The maximum atomic E-state index is 12.9. The van der Waals surface area contributed by atoms with Crippen LogP contribution < -0.4 is 5.32 Å². The Balaban J connectivity index is 1.71. The first kappa shape index (κ1) is 19.9. The van der Waals surface area contributed by atoms with E-state index in [4.69, 9.17) is 4.98 Å². The van der Waals surface area contributed by atoms with Gasteiger partial charge in [-0.15, -0.1) is 0 Å². The van der Waals surface area contributed by atoms with Crippen LogP contribution in [0.5, 0.6) is 0 Å². The number of nitrogens with one attached hydrogen (secondary N) is 1. The quantitative estimate of drug-likeness (QED) is 0.483. The van der Waals surface area contributed by atoms with Crippen molar-refractivity contribution < 1.29 is 4.79 Å². The van der Waals surface area contributed by atoms with Crippen LogP contribution in [0.15, 0.2) is 66.7 Å². The highest BCUT2D eigenvalue weighted by Gasteiger charge is 2.20. The van der Waals surface area contributed by atoms with Gasteiger partial charge in [0.1, 0.15) is 5.82 Å². The molecular formula is C26H27N3O. The first-order valence-corrected chi connectivity index (χ1v) is 10.3. The Hall–Kier alpha value is -3.40. The summed E-state index contributed by atoms with van der Waals surface area (Å²) in [5.41, 5.74) is 7.42. The van der Waals surface area contributed by atoms with Crippen LogP contribution in [0, 0.1) is 20.8 Å². The summed E-state index contributed by atoms with van der Waals surface area (Å²) in [5.74, 6) is 0.782. The predicted octanol–water partition coefficient (Wildman–Crippen LogP) is 5.50. The molecule has 30 heavy (non-hydrogen) atoms. The van der Waals surface area contributed by atoms with Crippen LogP contribution in [0.1, 0.15) is 51.4 Å². The van der Waals surface area contributed by atoms with Crippen LogP contribution in [-0.4, -0.2) is 15.5 Å². The molecule has 0 aliphatic rings. The number of carbonyl (C=O) groups is 1. The fourth-order valence-corrected chi connectivity index (χ4v) is 3.90. The number of imidazole rings is 1. The van der Waals surface area contributed by atoms with Gasteiger partial charge in [-0.05, 0) is 62.6 Å². The number of aromatic nitrogens is 2. The summed E-state index contributed by atoms with van der Waals surface area (Å²) in [6.45, 7) is 8.91. The van der Waals surface area contributed by atoms with Crippen molar-refractivity contribution in [1.29, 1.82) is 0 Å². The number of aryl methyl sites for hydroxylation is 3. The maximum absolute atomic E-state index is 12.9. The van der Waals surface area contributed by atoms with Crippen LogP contribution >= 0.6 is 0 Å². The van der Waals surface area contributed by atoms with Crippen LogP contribution in [0.3, 0.4) is 0 Å². The van der Waals surface area contributed by atoms with Crippen molar-refractivity contribution in [2.75, 3.05) is 0 Å². The Labute approximate surface area is 177 Å². The van der Waals surface area contributed by atoms with Crippen molar-refractivity contribution in [1.82, 2.24) is 14.9 Å². The molecular weight excluding hydrogens is 370 g/mol.